The maximum Gasteiger partial charge on any atom is 0.272 e. The molecule has 2 aromatic heterocycles. The van der Waals surface area contributed by atoms with E-state index in [4.69, 9.17) is 4.98 Å². The standard InChI is InChI=1S/C27H27N3OS/c1-4-18(3)19-10-12-20(13-11-19)26-16-24(23-8-6-7-9-25(23)29-26)27(31)30-28-17-22-15-14-21(5-2)32-22/h6-18H,4-5H2,1-3H3,(H,30,31)/b28-17-/t18-/m0/s1. The molecule has 0 unspecified atom stereocenters. The van der Waals surface area contributed by atoms with Crippen LogP contribution in [0.4, 0.5) is 0 Å². The minimum Gasteiger partial charge on any atom is -0.267 e. The van der Waals surface area contributed by atoms with Gasteiger partial charge in [-0.2, -0.15) is 5.10 Å². The molecule has 1 N–H and O–H groups in total. The SMILES string of the molecule is CCc1ccc(/C=N\NC(=O)c2cc(-c3ccc([C@@H](C)CC)cc3)nc3ccccc23)s1. The third kappa shape index (κ3) is 4.78. The number of rotatable bonds is 7. The third-order valence-corrected chi connectivity index (χ3v) is 6.90. The number of amides is 1. The monoisotopic (exact) mass is 441 g/mol. The van der Waals surface area contributed by atoms with E-state index in [-0.39, 0.29) is 5.91 Å². The summed E-state index contributed by atoms with van der Waals surface area (Å²) in [5, 5.41) is 4.99. The molecule has 4 nitrogen and oxygen atoms in total. The lowest BCUT2D eigenvalue weighted by Crippen LogP contribution is -2.18. The van der Waals surface area contributed by atoms with Crippen LogP contribution in [0.3, 0.4) is 0 Å². The highest BCUT2D eigenvalue weighted by molar-refractivity contribution is 7.13. The van der Waals surface area contributed by atoms with Gasteiger partial charge < -0.3 is 0 Å². The van der Waals surface area contributed by atoms with Crippen LogP contribution in [0.25, 0.3) is 22.2 Å². The summed E-state index contributed by atoms with van der Waals surface area (Å²) in [4.78, 5) is 20.1. The highest BCUT2D eigenvalue weighted by atomic mass is 32.1. The van der Waals surface area contributed by atoms with Crippen LogP contribution < -0.4 is 5.43 Å². The number of aryl methyl sites for hydroxylation is 1. The van der Waals surface area contributed by atoms with Gasteiger partial charge in [0.25, 0.3) is 5.91 Å². The largest absolute Gasteiger partial charge is 0.272 e. The van der Waals surface area contributed by atoms with Crippen molar-refractivity contribution in [3.05, 3.63) is 87.6 Å². The Morgan fingerprint density at radius 3 is 2.59 bits per heavy atom. The Bertz CT molecular complexity index is 1260. The first-order chi connectivity index (χ1) is 15.6. The zero-order valence-corrected chi connectivity index (χ0v) is 19.4. The number of carbonyl (C=O) groups is 1. The Kier molecular flexibility index (Phi) is 6.76. The summed E-state index contributed by atoms with van der Waals surface area (Å²) in [5.74, 6) is 0.272. The van der Waals surface area contributed by atoms with Crippen LogP contribution in [0.15, 0.2) is 71.8 Å². The third-order valence-electron chi connectivity index (χ3n) is 5.74. The zero-order valence-electron chi connectivity index (χ0n) is 18.6. The quantitative estimate of drug-likeness (QED) is 0.253. The molecule has 4 rings (SSSR count). The van der Waals surface area contributed by atoms with E-state index in [1.807, 2.05) is 36.4 Å². The van der Waals surface area contributed by atoms with Crippen LogP contribution in [-0.2, 0) is 6.42 Å². The molecule has 0 radical (unpaired) electrons. The van der Waals surface area contributed by atoms with Crippen molar-refractivity contribution < 1.29 is 4.79 Å². The van der Waals surface area contributed by atoms with Gasteiger partial charge in [0.15, 0.2) is 0 Å². The molecule has 0 aliphatic carbocycles. The smallest absolute Gasteiger partial charge is 0.267 e. The average molecular weight is 442 g/mol. The number of aromatic nitrogens is 1. The van der Waals surface area contributed by atoms with Crippen molar-refractivity contribution >= 4 is 34.4 Å². The van der Waals surface area contributed by atoms with Crippen LogP contribution >= 0.6 is 11.3 Å². The molecule has 162 valence electrons. The lowest BCUT2D eigenvalue weighted by Gasteiger charge is -2.11. The van der Waals surface area contributed by atoms with Gasteiger partial charge in [-0.15, -0.1) is 11.3 Å². The number of carbonyl (C=O) groups excluding carboxylic acids is 1. The van der Waals surface area contributed by atoms with Crippen LogP contribution in [0, 0.1) is 0 Å². The van der Waals surface area contributed by atoms with E-state index in [9.17, 15) is 4.79 Å². The molecule has 4 aromatic rings. The van der Waals surface area contributed by atoms with Crippen LogP contribution in [0.5, 0.6) is 0 Å². The number of benzene rings is 2. The van der Waals surface area contributed by atoms with Crippen LogP contribution in [-0.4, -0.2) is 17.1 Å². The van der Waals surface area contributed by atoms with Gasteiger partial charge in [0.2, 0.25) is 0 Å². The Balaban J connectivity index is 1.63. The maximum atomic E-state index is 13.0. The van der Waals surface area contributed by atoms with Crippen molar-refractivity contribution in [2.45, 2.75) is 39.5 Å². The van der Waals surface area contributed by atoms with Gasteiger partial charge in [0.05, 0.1) is 23.0 Å². The van der Waals surface area contributed by atoms with Crippen molar-refractivity contribution in [3.8, 4) is 11.3 Å². The van der Waals surface area contributed by atoms with Crippen molar-refractivity contribution in [1.29, 1.82) is 0 Å². The Morgan fingerprint density at radius 2 is 1.88 bits per heavy atom. The molecule has 5 heteroatoms. The van der Waals surface area contributed by atoms with Gasteiger partial charge in [-0.1, -0.05) is 63.2 Å². The minimum absolute atomic E-state index is 0.246. The highest BCUT2D eigenvalue weighted by Gasteiger charge is 2.14. The predicted octanol–water partition coefficient (Wildman–Crippen LogP) is 6.80. The second kappa shape index (κ2) is 9.88. The zero-order chi connectivity index (χ0) is 22.5. The van der Waals surface area contributed by atoms with Crippen LogP contribution in [0.2, 0.25) is 0 Å². The Labute approximate surface area is 193 Å². The lowest BCUT2D eigenvalue weighted by atomic mass is 9.96. The molecule has 0 saturated heterocycles. The van der Waals surface area contributed by atoms with Gasteiger partial charge in [0.1, 0.15) is 0 Å². The normalized spacial score (nSPS) is 12.3. The molecule has 0 saturated carbocycles. The van der Waals surface area contributed by atoms with E-state index in [0.717, 1.165) is 39.9 Å². The van der Waals surface area contributed by atoms with Crippen molar-refractivity contribution in [2.24, 2.45) is 5.10 Å². The van der Waals surface area contributed by atoms with Crippen LogP contribution in [0.1, 0.15) is 58.8 Å². The predicted molar refractivity (Wildman–Crippen MR) is 135 cm³/mol. The van der Waals surface area contributed by atoms with Crippen molar-refractivity contribution in [2.75, 3.05) is 0 Å². The van der Waals surface area contributed by atoms with E-state index in [2.05, 4.69) is 61.6 Å². The number of hydrogen-bond donors (Lipinski definition) is 1. The van der Waals surface area contributed by atoms with E-state index in [1.165, 1.54) is 10.4 Å². The summed E-state index contributed by atoms with van der Waals surface area (Å²) in [7, 11) is 0. The number of pyridine rings is 1. The van der Waals surface area contributed by atoms with Gasteiger partial charge in [-0.05, 0) is 48.6 Å². The van der Waals surface area contributed by atoms with E-state index in [1.54, 1.807) is 17.6 Å². The van der Waals surface area contributed by atoms with E-state index in [0.29, 0.717) is 11.5 Å². The second-order valence-electron chi connectivity index (χ2n) is 7.86. The molecule has 32 heavy (non-hydrogen) atoms. The lowest BCUT2D eigenvalue weighted by molar-refractivity contribution is 0.0956. The molecule has 1 atom stereocenters. The number of hydrazone groups is 1. The molecule has 0 spiro atoms. The number of para-hydroxylation sites is 1. The summed E-state index contributed by atoms with van der Waals surface area (Å²) in [6.07, 6.45) is 3.79. The minimum atomic E-state index is -0.246. The first kappa shape index (κ1) is 21.9. The number of thiophene rings is 1. The molecule has 2 heterocycles. The number of hydrogen-bond acceptors (Lipinski definition) is 4. The number of fused-ring (bicyclic) bond motifs is 1. The maximum absolute atomic E-state index is 13.0. The summed E-state index contributed by atoms with van der Waals surface area (Å²) < 4.78 is 0. The summed E-state index contributed by atoms with van der Waals surface area (Å²) >= 11 is 1.68. The van der Waals surface area contributed by atoms with E-state index >= 15 is 0 Å². The number of nitrogens with one attached hydrogen (secondary N) is 1. The summed E-state index contributed by atoms with van der Waals surface area (Å²) in [5.41, 5.74) is 7.12. The molecule has 0 bridgehead atoms. The summed E-state index contributed by atoms with van der Waals surface area (Å²) in [6, 6.07) is 22.1. The first-order valence-electron chi connectivity index (χ1n) is 11.0. The molecular weight excluding hydrogens is 414 g/mol. The highest BCUT2D eigenvalue weighted by Crippen LogP contribution is 2.27. The van der Waals surface area contributed by atoms with Gasteiger partial charge in [-0.25, -0.2) is 10.4 Å². The van der Waals surface area contributed by atoms with Gasteiger partial charge in [0, 0.05) is 20.7 Å². The average Bonchev–Trinajstić information content (AvgIpc) is 3.31. The second-order valence-corrected chi connectivity index (χ2v) is 9.06. The molecule has 0 aliphatic rings. The molecule has 0 aliphatic heterocycles. The molecule has 1 amide bonds. The van der Waals surface area contributed by atoms with E-state index < -0.39 is 0 Å². The fourth-order valence-corrected chi connectivity index (χ4v) is 4.42. The number of nitrogens with zero attached hydrogens (tertiary/aromatic N) is 2. The van der Waals surface area contributed by atoms with Gasteiger partial charge in [-0.3, -0.25) is 4.79 Å². The molecular formula is C27H27N3OS. The molecule has 0 fully saturated rings. The van der Waals surface area contributed by atoms with Gasteiger partial charge >= 0.3 is 0 Å². The van der Waals surface area contributed by atoms with Crippen molar-refractivity contribution in [1.82, 2.24) is 10.4 Å². The van der Waals surface area contributed by atoms with Crippen molar-refractivity contribution in [3.63, 3.8) is 0 Å². The fourth-order valence-electron chi connectivity index (χ4n) is 3.60. The summed E-state index contributed by atoms with van der Waals surface area (Å²) in [6.45, 7) is 6.54. The Hall–Kier alpha value is -3.31. The Morgan fingerprint density at radius 1 is 1.09 bits per heavy atom. The topological polar surface area (TPSA) is 54.4 Å². The molecule has 2 aromatic carbocycles. The first-order valence-corrected chi connectivity index (χ1v) is 11.8. The fraction of sp³-hybridized carbons (Fsp3) is 0.222.